The summed E-state index contributed by atoms with van der Waals surface area (Å²) in [6, 6.07) is 13.1. The normalized spacial score (nSPS) is 21.0. The molecule has 0 saturated carbocycles. The Morgan fingerprint density at radius 3 is 2.47 bits per heavy atom. The Morgan fingerprint density at radius 2 is 1.84 bits per heavy atom. The molecule has 1 saturated heterocycles. The molecule has 262 valence electrons. The molecule has 3 aromatic carbocycles. The van der Waals surface area contributed by atoms with Crippen molar-refractivity contribution in [3.05, 3.63) is 93.0 Å². The number of rotatable bonds is 12. The lowest BCUT2D eigenvalue weighted by molar-refractivity contribution is -0.142. The third-order valence-electron chi connectivity index (χ3n) is 8.31. The smallest absolute Gasteiger partial charge is 0.338 e. The van der Waals surface area contributed by atoms with Crippen LogP contribution in [0.5, 0.6) is 5.75 Å². The van der Waals surface area contributed by atoms with Gasteiger partial charge in [-0.05, 0) is 53.8 Å². The zero-order valence-electron chi connectivity index (χ0n) is 27.4. The molecule has 14 heteroatoms. The Morgan fingerprint density at radius 1 is 1.12 bits per heavy atom. The van der Waals surface area contributed by atoms with Crippen LogP contribution in [0.2, 0.25) is 10.0 Å². The summed E-state index contributed by atoms with van der Waals surface area (Å²) in [6.45, 7) is 5.19. The van der Waals surface area contributed by atoms with E-state index in [-0.39, 0.29) is 57.9 Å². The SMILES string of the molecule is COc1cc(C(=O)OCCOC(=O)CN)ccc1NC(O)C1NC(CC(C)(C)C)C(C#N)(c2ccc(Cl)cc2F)C1c1cccc(Cl)c1F. The van der Waals surface area contributed by atoms with Gasteiger partial charge < -0.3 is 35.7 Å². The number of methoxy groups -OCH3 is 1. The average molecular weight is 720 g/mol. The minimum Gasteiger partial charge on any atom is -0.495 e. The minimum atomic E-state index is -1.75. The van der Waals surface area contributed by atoms with Gasteiger partial charge in [-0.3, -0.25) is 4.79 Å². The summed E-state index contributed by atoms with van der Waals surface area (Å²) in [7, 11) is 1.36. The average Bonchev–Trinajstić information content (AvgIpc) is 3.37. The van der Waals surface area contributed by atoms with Crippen LogP contribution in [-0.4, -0.2) is 62.2 Å². The van der Waals surface area contributed by atoms with Crippen molar-refractivity contribution in [3.63, 3.8) is 0 Å². The number of hydrogen-bond acceptors (Lipinski definition) is 10. The number of nitrogens with one attached hydrogen (secondary N) is 2. The molecule has 1 heterocycles. The molecule has 10 nitrogen and oxygen atoms in total. The first-order chi connectivity index (χ1) is 23.2. The summed E-state index contributed by atoms with van der Waals surface area (Å²) in [4.78, 5) is 23.8. The predicted octanol–water partition coefficient (Wildman–Crippen LogP) is 5.69. The summed E-state index contributed by atoms with van der Waals surface area (Å²) in [5, 5.41) is 29.1. The van der Waals surface area contributed by atoms with E-state index in [9.17, 15) is 20.0 Å². The molecule has 1 fully saturated rings. The van der Waals surface area contributed by atoms with E-state index in [1.807, 2.05) is 20.8 Å². The molecule has 0 bridgehead atoms. The van der Waals surface area contributed by atoms with Crippen LogP contribution in [0.15, 0.2) is 54.6 Å². The zero-order chi connectivity index (χ0) is 36.1. The summed E-state index contributed by atoms with van der Waals surface area (Å²) in [5.74, 6) is -3.97. The number of aliphatic hydroxyl groups is 1. The van der Waals surface area contributed by atoms with Crippen molar-refractivity contribution in [3.8, 4) is 11.8 Å². The van der Waals surface area contributed by atoms with Gasteiger partial charge in [-0.25, -0.2) is 13.6 Å². The number of nitrogens with two attached hydrogens (primary N) is 1. The van der Waals surface area contributed by atoms with Gasteiger partial charge >= 0.3 is 11.9 Å². The molecule has 3 aromatic rings. The number of esters is 2. The maximum absolute atomic E-state index is 16.0. The molecule has 0 aliphatic carbocycles. The lowest BCUT2D eigenvalue weighted by atomic mass is 9.62. The summed E-state index contributed by atoms with van der Waals surface area (Å²) in [5.41, 5.74) is 3.37. The molecule has 5 atom stereocenters. The van der Waals surface area contributed by atoms with Crippen molar-refractivity contribution in [2.45, 2.75) is 56.8 Å². The van der Waals surface area contributed by atoms with Gasteiger partial charge in [0.25, 0.3) is 0 Å². The van der Waals surface area contributed by atoms with Crippen molar-refractivity contribution in [2.24, 2.45) is 11.1 Å². The van der Waals surface area contributed by atoms with E-state index >= 15 is 8.78 Å². The molecular formula is C35H38Cl2F2N4O6. The first-order valence-electron chi connectivity index (χ1n) is 15.4. The molecule has 0 radical (unpaired) electrons. The quantitative estimate of drug-likeness (QED) is 0.104. The van der Waals surface area contributed by atoms with Crippen molar-refractivity contribution >= 4 is 40.8 Å². The number of carbonyl (C=O) groups excluding carboxylic acids is 2. The van der Waals surface area contributed by atoms with Gasteiger partial charge in [-0.1, -0.05) is 62.2 Å². The van der Waals surface area contributed by atoms with Gasteiger partial charge in [0.1, 0.15) is 42.2 Å². The van der Waals surface area contributed by atoms with Crippen LogP contribution in [0.1, 0.15) is 54.6 Å². The van der Waals surface area contributed by atoms with E-state index in [1.54, 1.807) is 0 Å². The maximum Gasteiger partial charge on any atom is 0.338 e. The number of anilines is 1. The standard InChI is InChI=1S/C35H38Cl2F2N4O6/c1-34(2,3)16-27-35(18-41,22-10-9-20(36)15-24(22)38)29(21-6-5-7-23(37)30(21)39)31(43-27)32(45)42-25-11-8-19(14-26(25)47-4)33(46)49-13-12-48-28(44)17-40/h5-11,14-15,27,29,31-32,42-43,45H,12-13,16-17,40H2,1-4H3. The number of carbonyl (C=O) groups is 2. The Bertz CT molecular complexity index is 1730. The van der Waals surface area contributed by atoms with Crippen molar-refractivity contribution in [2.75, 3.05) is 32.2 Å². The number of hydrogen-bond donors (Lipinski definition) is 4. The summed E-state index contributed by atoms with van der Waals surface area (Å²) in [6.07, 6.45) is -1.20. The third-order valence-corrected chi connectivity index (χ3v) is 8.84. The van der Waals surface area contributed by atoms with E-state index < -0.39 is 58.6 Å². The van der Waals surface area contributed by atoms with Crippen LogP contribution in [0, 0.1) is 28.4 Å². The van der Waals surface area contributed by atoms with Gasteiger partial charge in [-0.15, -0.1) is 0 Å². The largest absolute Gasteiger partial charge is 0.495 e. The van der Waals surface area contributed by atoms with Gasteiger partial charge in [0.2, 0.25) is 0 Å². The van der Waals surface area contributed by atoms with Crippen LogP contribution < -0.4 is 21.1 Å². The minimum absolute atomic E-state index is 0.000333. The van der Waals surface area contributed by atoms with E-state index in [0.717, 1.165) is 6.07 Å². The Kier molecular flexibility index (Phi) is 12.1. The van der Waals surface area contributed by atoms with Gasteiger partial charge in [-0.2, -0.15) is 5.26 Å². The number of nitriles is 1. The number of aliphatic hydroxyl groups excluding tert-OH is 1. The number of nitrogens with zero attached hydrogens (tertiary/aromatic N) is 1. The van der Waals surface area contributed by atoms with E-state index in [4.69, 9.17) is 43.1 Å². The Hall–Kier alpha value is -3.99. The molecule has 0 spiro atoms. The predicted molar refractivity (Wildman–Crippen MR) is 181 cm³/mol. The van der Waals surface area contributed by atoms with Crippen LogP contribution in [0.3, 0.4) is 0 Å². The molecule has 5 unspecified atom stereocenters. The first kappa shape index (κ1) is 37.8. The monoisotopic (exact) mass is 718 g/mol. The van der Waals surface area contributed by atoms with Crippen LogP contribution in [0.4, 0.5) is 14.5 Å². The fourth-order valence-electron chi connectivity index (χ4n) is 6.27. The zero-order valence-corrected chi connectivity index (χ0v) is 28.9. The highest BCUT2D eigenvalue weighted by atomic mass is 35.5. The maximum atomic E-state index is 16.0. The molecule has 0 aromatic heterocycles. The fraction of sp³-hybridized carbons (Fsp3) is 0.400. The molecule has 1 aliphatic heterocycles. The van der Waals surface area contributed by atoms with Crippen molar-refractivity contribution < 1.29 is 37.7 Å². The number of ether oxygens (including phenoxy) is 3. The van der Waals surface area contributed by atoms with E-state index in [0.29, 0.717) is 6.42 Å². The Balaban J connectivity index is 1.76. The number of benzene rings is 3. The van der Waals surface area contributed by atoms with Gasteiger partial charge in [0.05, 0.1) is 42.0 Å². The summed E-state index contributed by atoms with van der Waals surface area (Å²) >= 11 is 12.3. The van der Waals surface area contributed by atoms with Gasteiger partial charge in [0.15, 0.2) is 0 Å². The second-order valence-electron chi connectivity index (χ2n) is 12.8. The molecule has 5 N–H and O–H groups in total. The second-order valence-corrected chi connectivity index (χ2v) is 13.6. The number of halogens is 4. The highest BCUT2D eigenvalue weighted by Crippen LogP contribution is 2.53. The van der Waals surface area contributed by atoms with Crippen molar-refractivity contribution in [1.82, 2.24) is 5.32 Å². The Labute approximate surface area is 293 Å². The fourth-order valence-corrected chi connectivity index (χ4v) is 6.61. The second kappa shape index (κ2) is 15.7. The summed E-state index contributed by atoms with van der Waals surface area (Å²) < 4.78 is 47.3. The van der Waals surface area contributed by atoms with E-state index in [1.165, 1.54) is 55.6 Å². The molecule has 0 amide bonds. The molecular weight excluding hydrogens is 681 g/mol. The molecule has 1 aliphatic rings. The van der Waals surface area contributed by atoms with Crippen molar-refractivity contribution in [1.29, 1.82) is 5.26 Å². The molecule has 49 heavy (non-hydrogen) atoms. The van der Waals surface area contributed by atoms with Crippen LogP contribution >= 0.6 is 23.2 Å². The van der Waals surface area contributed by atoms with Crippen LogP contribution in [-0.2, 0) is 19.7 Å². The molecule has 4 rings (SSSR count). The lowest BCUT2D eigenvalue weighted by Crippen LogP contribution is -2.45. The first-order valence-corrected chi connectivity index (χ1v) is 16.1. The van der Waals surface area contributed by atoms with E-state index in [2.05, 4.69) is 16.7 Å². The highest BCUT2D eigenvalue weighted by Gasteiger charge is 2.61. The van der Waals surface area contributed by atoms with Gasteiger partial charge in [0, 0.05) is 22.5 Å². The van der Waals surface area contributed by atoms with Crippen LogP contribution in [0.25, 0.3) is 0 Å². The highest BCUT2D eigenvalue weighted by molar-refractivity contribution is 6.31. The topological polar surface area (TPSA) is 156 Å². The lowest BCUT2D eigenvalue weighted by Gasteiger charge is -2.38. The third kappa shape index (κ3) is 8.25.